The molecule has 2 fully saturated rings. The monoisotopic (exact) mass is 241 g/mol. The van der Waals surface area contributed by atoms with Gasteiger partial charge >= 0.3 is 0 Å². The van der Waals surface area contributed by atoms with Crippen LogP contribution in [0.2, 0.25) is 0 Å². The Balaban J connectivity index is 1.91. The highest BCUT2D eigenvalue weighted by Crippen LogP contribution is 2.49. The molecule has 2 unspecified atom stereocenters. The van der Waals surface area contributed by atoms with Crippen LogP contribution in [-0.4, -0.2) is 47.8 Å². The molecule has 5 nitrogen and oxygen atoms in total. The number of nitrogens with two attached hydrogens (primary N) is 1. The summed E-state index contributed by atoms with van der Waals surface area (Å²) in [5.41, 5.74) is 5.87. The Bertz CT molecular complexity index is 302. The van der Waals surface area contributed by atoms with E-state index in [1.54, 1.807) is 0 Å². The number of ether oxygens (including phenoxy) is 1. The van der Waals surface area contributed by atoms with E-state index >= 15 is 0 Å². The topological polar surface area (TPSA) is 71.1 Å². The van der Waals surface area contributed by atoms with Gasteiger partial charge < -0.3 is 15.7 Å². The summed E-state index contributed by atoms with van der Waals surface area (Å²) in [6.07, 6.45) is 3.39. The van der Waals surface area contributed by atoms with Gasteiger partial charge in [0.25, 0.3) is 0 Å². The van der Waals surface area contributed by atoms with Gasteiger partial charge in [-0.2, -0.15) is 0 Å². The maximum Gasteiger partial charge on any atom is 0.139 e. The number of amidine groups is 1. The quantitative estimate of drug-likeness (QED) is 0.333. The first-order valence-corrected chi connectivity index (χ1v) is 6.37. The van der Waals surface area contributed by atoms with Crippen LogP contribution in [0.3, 0.4) is 0 Å². The van der Waals surface area contributed by atoms with Crippen LogP contribution < -0.4 is 5.73 Å². The summed E-state index contributed by atoms with van der Waals surface area (Å²) >= 11 is 0. The fraction of sp³-hybridized carbons (Fsp3) is 0.917. The van der Waals surface area contributed by atoms with Crippen LogP contribution in [0.5, 0.6) is 0 Å². The molecule has 2 rings (SSSR count). The smallest absolute Gasteiger partial charge is 0.139 e. The molecule has 0 amide bonds. The molecule has 1 aliphatic heterocycles. The second-order valence-electron chi connectivity index (χ2n) is 5.69. The van der Waals surface area contributed by atoms with Gasteiger partial charge in [-0.05, 0) is 32.1 Å². The van der Waals surface area contributed by atoms with E-state index in [4.69, 9.17) is 15.7 Å². The third kappa shape index (κ3) is 3.10. The molecule has 1 saturated heterocycles. The van der Waals surface area contributed by atoms with Gasteiger partial charge in [-0.15, -0.1) is 0 Å². The summed E-state index contributed by atoms with van der Waals surface area (Å²) in [5, 5.41) is 11.7. The van der Waals surface area contributed by atoms with E-state index in [0.29, 0.717) is 24.4 Å². The van der Waals surface area contributed by atoms with E-state index in [9.17, 15) is 0 Å². The number of hydrogen-bond donors (Lipinski definition) is 2. The molecule has 0 spiro atoms. The standard InChI is InChI=1S/C12H23N3O2/c1-9-7-17-10(2)6-15(9)8-12(3-4-12)5-11(13)14-16/h9-10,16H,3-8H2,1-2H3,(H2,13,14). The average Bonchev–Trinajstić information content (AvgIpc) is 3.03. The van der Waals surface area contributed by atoms with Gasteiger partial charge in [-0.1, -0.05) is 5.16 Å². The first-order valence-electron chi connectivity index (χ1n) is 6.37. The van der Waals surface area contributed by atoms with E-state index < -0.39 is 0 Å². The van der Waals surface area contributed by atoms with Crippen molar-refractivity contribution >= 4 is 5.84 Å². The van der Waals surface area contributed by atoms with Crippen molar-refractivity contribution in [2.45, 2.75) is 45.3 Å². The van der Waals surface area contributed by atoms with Crippen molar-refractivity contribution in [1.82, 2.24) is 4.90 Å². The lowest BCUT2D eigenvalue weighted by atomic mass is 9.99. The Labute approximate surface area is 103 Å². The van der Waals surface area contributed by atoms with Crippen LogP contribution in [-0.2, 0) is 4.74 Å². The molecule has 0 aromatic carbocycles. The van der Waals surface area contributed by atoms with E-state index in [-0.39, 0.29) is 5.41 Å². The molecule has 5 heteroatoms. The molecule has 2 aliphatic rings. The summed E-state index contributed by atoms with van der Waals surface area (Å²) < 4.78 is 5.63. The second kappa shape index (κ2) is 4.82. The number of morpholine rings is 1. The fourth-order valence-electron chi connectivity index (χ4n) is 2.61. The van der Waals surface area contributed by atoms with E-state index in [0.717, 1.165) is 19.7 Å². The highest BCUT2D eigenvalue weighted by Gasteiger charge is 2.45. The second-order valence-corrected chi connectivity index (χ2v) is 5.69. The third-order valence-electron chi connectivity index (χ3n) is 3.92. The van der Waals surface area contributed by atoms with E-state index in [1.165, 1.54) is 12.8 Å². The minimum Gasteiger partial charge on any atom is -0.409 e. The van der Waals surface area contributed by atoms with Crippen molar-refractivity contribution in [2.24, 2.45) is 16.3 Å². The summed E-state index contributed by atoms with van der Waals surface area (Å²) in [5.74, 6) is 0.358. The van der Waals surface area contributed by atoms with Crippen LogP contribution in [0.1, 0.15) is 33.1 Å². The Morgan fingerprint density at radius 3 is 2.82 bits per heavy atom. The predicted molar refractivity (Wildman–Crippen MR) is 66.1 cm³/mol. The molecule has 17 heavy (non-hydrogen) atoms. The van der Waals surface area contributed by atoms with Gasteiger partial charge in [0.05, 0.1) is 12.7 Å². The van der Waals surface area contributed by atoms with Gasteiger partial charge in [-0.25, -0.2) is 0 Å². The summed E-state index contributed by atoms with van der Waals surface area (Å²) in [7, 11) is 0. The van der Waals surface area contributed by atoms with Gasteiger partial charge in [0.1, 0.15) is 5.84 Å². The van der Waals surface area contributed by atoms with Crippen molar-refractivity contribution in [3.05, 3.63) is 0 Å². The van der Waals surface area contributed by atoms with Crippen LogP contribution in [0.25, 0.3) is 0 Å². The first-order chi connectivity index (χ1) is 8.04. The fourth-order valence-corrected chi connectivity index (χ4v) is 2.61. The molecule has 3 N–H and O–H groups in total. The molecule has 1 saturated carbocycles. The van der Waals surface area contributed by atoms with Crippen molar-refractivity contribution in [3.8, 4) is 0 Å². The molecule has 1 heterocycles. The molecule has 0 radical (unpaired) electrons. The molecule has 98 valence electrons. The maximum atomic E-state index is 8.66. The van der Waals surface area contributed by atoms with Crippen molar-refractivity contribution in [3.63, 3.8) is 0 Å². The molecule has 0 aromatic heterocycles. The van der Waals surface area contributed by atoms with Crippen LogP contribution >= 0.6 is 0 Å². The Kier molecular flexibility index (Phi) is 3.58. The van der Waals surface area contributed by atoms with Crippen LogP contribution in [0.15, 0.2) is 5.16 Å². The lowest BCUT2D eigenvalue weighted by Gasteiger charge is -2.38. The van der Waals surface area contributed by atoms with Gasteiger partial charge in [0.2, 0.25) is 0 Å². The minimum atomic E-state index is 0.252. The van der Waals surface area contributed by atoms with Crippen LogP contribution in [0, 0.1) is 5.41 Å². The van der Waals surface area contributed by atoms with Gasteiger partial charge in [0.15, 0.2) is 0 Å². The zero-order chi connectivity index (χ0) is 12.5. The summed E-state index contributed by atoms with van der Waals surface area (Å²) in [4.78, 5) is 2.48. The molecule has 0 bridgehead atoms. The van der Waals surface area contributed by atoms with E-state index in [2.05, 4.69) is 23.9 Å². The number of hydrogen-bond acceptors (Lipinski definition) is 4. The Morgan fingerprint density at radius 2 is 2.24 bits per heavy atom. The van der Waals surface area contributed by atoms with E-state index in [1.807, 2.05) is 0 Å². The largest absolute Gasteiger partial charge is 0.409 e. The highest BCUT2D eigenvalue weighted by molar-refractivity contribution is 5.80. The lowest BCUT2D eigenvalue weighted by Crippen LogP contribution is -2.49. The molecular formula is C12H23N3O2. The summed E-state index contributed by atoms with van der Waals surface area (Å²) in [6.45, 7) is 7.14. The van der Waals surface area contributed by atoms with Crippen molar-refractivity contribution < 1.29 is 9.94 Å². The Hall–Kier alpha value is -0.810. The normalized spacial score (nSPS) is 33.6. The first kappa shape index (κ1) is 12.6. The average molecular weight is 241 g/mol. The van der Waals surface area contributed by atoms with Crippen molar-refractivity contribution in [1.29, 1.82) is 0 Å². The molecular weight excluding hydrogens is 218 g/mol. The van der Waals surface area contributed by atoms with Crippen LogP contribution in [0.4, 0.5) is 0 Å². The highest BCUT2D eigenvalue weighted by atomic mass is 16.5. The van der Waals surface area contributed by atoms with Gasteiger partial charge in [-0.3, -0.25) is 4.90 Å². The zero-order valence-corrected chi connectivity index (χ0v) is 10.7. The molecule has 0 aromatic rings. The minimum absolute atomic E-state index is 0.252. The zero-order valence-electron chi connectivity index (χ0n) is 10.7. The summed E-state index contributed by atoms with van der Waals surface area (Å²) in [6, 6.07) is 0.468. The number of rotatable bonds is 4. The Morgan fingerprint density at radius 1 is 1.53 bits per heavy atom. The third-order valence-corrected chi connectivity index (χ3v) is 3.92. The van der Waals surface area contributed by atoms with Gasteiger partial charge in [0, 0.05) is 25.6 Å². The molecule has 1 aliphatic carbocycles. The maximum absolute atomic E-state index is 8.66. The number of oxime groups is 1. The molecule has 2 atom stereocenters. The predicted octanol–water partition coefficient (Wildman–Crippen LogP) is 1.01. The van der Waals surface area contributed by atoms with Crippen molar-refractivity contribution in [2.75, 3.05) is 19.7 Å². The lowest BCUT2D eigenvalue weighted by molar-refractivity contribution is -0.0554. The SMILES string of the molecule is CC1CN(CC2(CC(N)=NO)CC2)C(C)CO1. The number of nitrogens with zero attached hydrogens (tertiary/aromatic N) is 2.